The molecule has 0 unspecified atom stereocenters. The van der Waals surface area contributed by atoms with Crippen molar-refractivity contribution in [1.29, 1.82) is 0 Å². The molecule has 2 aromatic carbocycles. The number of aliphatic hydroxyl groups is 1. The van der Waals surface area contributed by atoms with Crippen LogP contribution in [0.25, 0.3) is 11.0 Å². The van der Waals surface area contributed by atoms with Gasteiger partial charge in [-0.3, -0.25) is 0 Å². The maximum atomic E-state index is 10.9. The zero-order chi connectivity index (χ0) is 16.4. The fourth-order valence-electron chi connectivity index (χ4n) is 3.08. The monoisotopic (exact) mass is 310 g/mol. The van der Waals surface area contributed by atoms with E-state index in [1.807, 2.05) is 49.5 Å². The number of ether oxygens (including phenoxy) is 1. The number of hydrogen-bond donors (Lipinski definition) is 1. The van der Waals surface area contributed by atoms with E-state index in [0.717, 1.165) is 34.6 Å². The van der Waals surface area contributed by atoms with Crippen molar-refractivity contribution in [3.63, 3.8) is 0 Å². The molecule has 0 bridgehead atoms. The number of hydrogen-bond acceptors (Lipinski definition) is 3. The number of imidazole rings is 1. The molecule has 0 spiro atoms. The van der Waals surface area contributed by atoms with Crippen LogP contribution >= 0.6 is 0 Å². The van der Waals surface area contributed by atoms with Crippen LogP contribution in [-0.2, 0) is 7.05 Å². The van der Waals surface area contributed by atoms with Crippen molar-refractivity contribution >= 4 is 11.0 Å². The second kappa shape index (κ2) is 6.42. The number of aromatic nitrogens is 2. The number of aliphatic hydroxyl groups excluding tert-OH is 1. The molecule has 0 saturated carbocycles. The Kier molecular flexibility index (Phi) is 4.35. The summed E-state index contributed by atoms with van der Waals surface area (Å²) in [7, 11) is 3.65. The number of methoxy groups -OCH3 is 1. The average molecular weight is 310 g/mol. The maximum Gasteiger partial charge on any atom is 0.118 e. The summed E-state index contributed by atoms with van der Waals surface area (Å²) < 4.78 is 7.26. The zero-order valence-corrected chi connectivity index (χ0v) is 13.7. The van der Waals surface area contributed by atoms with Gasteiger partial charge >= 0.3 is 0 Å². The highest BCUT2D eigenvalue weighted by atomic mass is 16.5. The molecule has 4 heteroatoms. The van der Waals surface area contributed by atoms with Crippen LogP contribution < -0.4 is 4.74 Å². The molecule has 0 aliphatic rings. The number of benzene rings is 2. The minimum absolute atomic E-state index is 0.0548. The van der Waals surface area contributed by atoms with Crippen molar-refractivity contribution in [2.24, 2.45) is 7.05 Å². The summed E-state index contributed by atoms with van der Waals surface area (Å²) in [5.74, 6) is 1.65. The van der Waals surface area contributed by atoms with Crippen LogP contribution in [0.1, 0.15) is 36.8 Å². The second-order valence-corrected chi connectivity index (χ2v) is 5.75. The molecule has 0 fully saturated rings. The fourth-order valence-corrected chi connectivity index (χ4v) is 3.08. The summed E-state index contributed by atoms with van der Waals surface area (Å²) in [6, 6.07) is 15.6. The van der Waals surface area contributed by atoms with Gasteiger partial charge in [0.25, 0.3) is 0 Å². The van der Waals surface area contributed by atoms with Gasteiger partial charge in [0.1, 0.15) is 11.6 Å². The molecule has 3 rings (SSSR count). The van der Waals surface area contributed by atoms with E-state index < -0.39 is 6.10 Å². The molecule has 0 radical (unpaired) electrons. The second-order valence-electron chi connectivity index (χ2n) is 5.75. The van der Waals surface area contributed by atoms with Gasteiger partial charge in [0.2, 0.25) is 0 Å². The fraction of sp³-hybridized carbons (Fsp3) is 0.316. The van der Waals surface area contributed by atoms with E-state index in [-0.39, 0.29) is 5.92 Å². The number of rotatable bonds is 5. The van der Waals surface area contributed by atoms with Gasteiger partial charge in [-0.15, -0.1) is 0 Å². The van der Waals surface area contributed by atoms with Crippen LogP contribution in [0.4, 0.5) is 0 Å². The molecule has 1 heterocycles. The van der Waals surface area contributed by atoms with E-state index in [2.05, 4.69) is 17.6 Å². The molecule has 0 amide bonds. The number of aryl methyl sites for hydroxylation is 1. The molecular weight excluding hydrogens is 288 g/mol. The van der Waals surface area contributed by atoms with Crippen molar-refractivity contribution < 1.29 is 9.84 Å². The summed E-state index contributed by atoms with van der Waals surface area (Å²) in [5.41, 5.74) is 2.93. The van der Waals surface area contributed by atoms with Crippen molar-refractivity contribution in [3.8, 4) is 5.75 Å². The smallest absolute Gasteiger partial charge is 0.118 e. The van der Waals surface area contributed by atoms with Crippen LogP contribution in [0.15, 0.2) is 48.5 Å². The highest BCUT2D eigenvalue weighted by Crippen LogP contribution is 2.34. The zero-order valence-electron chi connectivity index (χ0n) is 13.7. The Morgan fingerprint density at radius 3 is 2.43 bits per heavy atom. The van der Waals surface area contributed by atoms with Crippen molar-refractivity contribution in [1.82, 2.24) is 9.55 Å². The number of fused-ring (bicyclic) bond motifs is 1. The van der Waals surface area contributed by atoms with Gasteiger partial charge in [0, 0.05) is 13.0 Å². The Labute approximate surface area is 136 Å². The van der Waals surface area contributed by atoms with Gasteiger partial charge in [0.05, 0.1) is 24.2 Å². The lowest BCUT2D eigenvalue weighted by atomic mass is 9.92. The highest BCUT2D eigenvalue weighted by molar-refractivity contribution is 5.75. The van der Waals surface area contributed by atoms with Crippen molar-refractivity contribution in [2.75, 3.05) is 7.11 Å². The lowest BCUT2D eigenvalue weighted by Crippen LogP contribution is -2.14. The molecule has 2 atom stereocenters. The van der Waals surface area contributed by atoms with Crippen LogP contribution in [0.2, 0.25) is 0 Å². The maximum absolute atomic E-state index is 10.9. The quantitative estimate of drug-likeness (QED) is 0.779. The van der Waals surface area contributed by atoms with Gasteiger partial charge < -0.3 is 14.4 Å². The summed E-state index contributed by atoms with van der Waals surface area (Å²) in [6.45, 7) is 2.08. The molecule has 3 aromatic rings. The third-order valence-corrected chi connectivity index (χ3v) is 4.43. The Bertz CT molecular complexity index is 793. The SMILES string of the molecule is CC[C@H](c1nc2ccccc2n1C)[C@@H](O)c1ccc(OC)cc1. The van der Waals surface area contributed by atoms with Crippen molar-refractivity contribution in [3.05, 3.63) is 59.9 Å². The van der Waals surface area contributed by atoms with Gasteiger partial charge in [-0.1, -0.05) is 31.2 Å². The summed E-state index contributed by atoms with van der Waals surface area (Å²) in [4.78, 5) is 4.74. The standard InChI is InChI=1S/C19H22N2O2/c1-4-15(18(22)13-9-11-14(23-3)12-10-13)19-20-16-7-5-6-8-17(16)21(19)2/h5-12,15,18,22H,4H2,1-3H3/t15-,18-/m0/s1. The van der Waals surface area contributed by atoms with Crippen LogP contribution in [-0.4, -0.2) is 21.8 Å². The number of nitrogens with zero attached hydrogens (tertiary/aromatic N) is 2. The Hall–Kier alpha value is -2.33. The Balaban J connectivity index is 1.98. The molecule has 0 aliphatic carbocycles. The summed E-state index contributed by atoms with van der Waals surface area (Å²) >= 11 is 0. The van der Waals surface area contributed by atoms with Gasteiger partial charge in [0.15, 0.2) is 0 Å². The highest BCUT2D eigenvalue weighted by Gasteiger charge is 2.25. The summed E-state index contributed by atoms with van der Waals surface area (Å²) in [5, 5.41) is 10.9. The third-order valence-electron chi connectivity index (χ3n) is 4.43. The minimum atomic E-state index is -0.596. The molecule has 1 N–H and O–H groups in total. The van der Waals surface area contributed by atoms with Crippen LogP contribution in [0.5, 0.6) is 5.75 Å². The predicted octanol–water partition coefficient (Wildman–Crippen LogP) is 3.81. The lowest BCUT2D eigenvalue weighted by molar-refractivity contribution is 0.137. The minimum Gasteiger partial charge on any atom is -0.497 e. The first-order chi connectivity index (χ1) is 11.2. The molecule has 1 aromatic heterocycles. The topological polar surface area (TPSA) is 47.3 Å². The molecule has 0 aliphatic heterocycles. The average Bonchev–Trinajstić information content (AvgIpc) is 2.93. The molecule has 23 heavy (non-hydrogen) atoms. The molecule has 4 nitrogen and oxygen atoms in total. The van der Waals surface area contributed by atoms with Gasteiger partial charge in [-0.05, 0) is 36.2 Å². The third kappa shape index (κ3) is 2.82. The van der Waals surface area contributed by atoms with E-state index >= 15 is 0 Å². The van der Waals surface area contributed by atoms with Crippen LogP contribution in [0.3, 0.4) is 0 Å². The van der Waals surface area contributed by atoms with E-state index in [1.54, 1.807) is 7.11 Å². The lowest BCUT2D eigenvalue weighted by Gasteiger charge is -2.22. The van der Waals surface area contributed by atoms with Crippen molar-refractivity contribution in [2.45, 2.75) is 25.4 Å². The first kappa shape index (κ1) is 15.6. The Morgan fingerprint density at radius 2 is 1.83 bits per heavy atom. The first-order valence-electron chi connectivity index (χ1n) is 7.89. The van der Waals surface area contributed by atoms with E-state index in [0.29, 0.717) is 0 Å². The van der Waals surface area contributed by atoms with Crippen LogP contribution in [0, 0.1) is 0 Å². The molecular formula is C19H22N2O2. The predicted molar refractivity (Wildman–Crippen MR) is 91.7 cm³/mol. The normalized spacial score (nSPS) is 13.9. The van der Waals surface area contributed by atoms with E-state index in [9.17, 15) is 5.11 Å². The largest absolute Gasteiger partial charge is 0.497 e. The van der Waals surface area contributed by atoms with E-state index in [4.69, 9.17) is 9.72 Å². The first-order valence-corrected chi connectivity index (χ1v) is 7.89. The molecule has 0 saturated heterocycles. The number of para-hydroxylation sites is 2. The summed E-state index contributed by atoms with van der Waals surface area (Å²) in [6.07, 6.45) is 0.214. The van der Waals surface area contributed by atoms with E-state index in [1.165, 1.54) is 0 Å². The Morgan fingerprint density at radius 1 is 1.13 bits per heavy atom. The molecule has 120 valence electrons. The van der Waals surface area contributed by atoms with Gasteiger partial charge in [-0.2, -0.15) is 0 Å². The van der Waals surface area contributed by atoms with Gasteiger partial charge in [-0.25, -0.2) is 4.98 Å².